The van der Waals surface area contributed by atoms with E-state index in [-0.39, 0.29) is 5.78 Å². The zero-order valence-corrected chi connectivity index (χ0v) is 16.4. The third-order valence-corrected chi connectivity index (χ3v) is 4.36. The smallest absolute Gasteiger partial charge is 0.343 e. The average Bonchev–Trinajstić information content (AvgIpc) is 2.78. The molecule has 0 heterocycles. The fourth-order valence-corrected chi connectivity index (χ4v) is 2.72. The zero-order chi connectivity index (χ0) is 20.6. The number of Topliss-reactive ketones (excluding diaryl/α,β-unsaturated/α-hetero) is 1. The quantitative estimate of drug-likeness (QED) is 0.305. The molecule has 0 N–H and O–H groups in total. The molecule has 0 amide bonds. The van der Waals surface area contributed by atoms with Gasteiger partial charge in [-0.2, -0.15) is 0 Å². The molecule has 0 bridgehead atoms. The number of ether oxygens (including phenoxy) is 3. The predicted molar refractivity (Wildman–Crippen MR) is 110 cm³/mol. The Morgan fingerprint density at radius 2 is 1.41 bits per heavy atom. The van der Waals surface area contributed by atoms with E-state index in [9.17, 15) is 9.59 Å². The van der Waals surface area contributed by atoms with Crippen molar-refractivity contribution in [3.05, 3.63) is 89.5 Å². The van der Waals surface area contributed by atoms with Crippen LogP contribution in [-0.2, 0) is 6.61 Å². The Bertz CT molecular complexity index is 975. The number of carbonyl (C=O) groups excluding carboxylic acids is 2. The van der Waals surface area contributed by atoms with Crippen molar-refractivity contribution in [1.29, 1.82) is 0 Å². The number of esters is 1. The maximum atomic E-state index is 12.3. The summed E-state index contributed by atoms with van der Waals surface area (Å²) >= 11 is 0. The molecule has 0 radical (unpaired) electrons. The van der Waals surface area contributed by atoms with E-state index >= 15 is 0 Å². The minimum atomic E-state index is -0.461. The molecule has 5 nitrogen and oxygen atoms in total. The van der Waals surface area contributed by atoms with Gasteiger partial charge in [0, 0.05) is 12.0 Å². The minimum Gasteiger partial charge on any atom is -0.493 e. The van der Waals surface area contributed by atoms with Gasteiger partial charge in [0.25, 0.3) is 0 Å². The van der Waals surface area contributed by atoms with Crippen LogP contribution >= 0.6 is 0 Å². The van der Waals surface area contributed by atoms with Crippen molar-refractivity contribution in [2.45, 2.75) is 20.0 Å². The summed E-state index contributed by atoms with van der Waals surface area (Å²) in [5, 5.41) is 0. The SMILES string of the molecule is CCC(=O)c1ccc(OC(=O)c2ccc(COc3ccccc3OC)cc2)cc1. The van der Waals surface area contributed by atoms with Crippen LogP contribution in [-0.4, -0.2) is 18.9 Å². The van der Waals surface area contributed by atoms with Gasteiger partial charge in [0.1, 0.15) is 12.4 Å². The van der Waals surface area contributed by atoms with Crippen LogP contribution in [0.25, 0.3) is 0 Å². The second kappa shape index (κ2) is 9.55. The molecule has 148 valence electrons. The van der Waals surface area contributed by atoms with Crippen LogP contribution in [0.3, 0.4) is 0 Å². The Labute approximate surface area is 169 Å². The highest BCUT2D eigenvalue weighted by atomic mass is 16.5. The van der Waals surface area contributed by atoms with Crippen LogP contribution in [0.2, 0.25) is 0 Å². The number of methoxy groups -OCH3 is 1. The van der Waals surface area contributed by atoms with Gasteiger partial charge >= 0.3 is 5.97 Å². The van der Waals surface area contributed by atoms with Crippen LogP contribution in [0.15, 0.2) is 72.8 Å². The molecule has 0 fully saturated rings. The molecule has 3 rings (SSSR count). The maximum absolute atomic E-state index is 12.3. The highest BCUT2D eigenvalue weighted by Crippen LogP contribution is 2.26. The lowest BCUT2D eigenvalue weighted by molar-refractivity contribution is 0.0734. The molecule has 0 aliphatic carbocycles. The fraction of sp³-hybridized carbons (Fsp3) is 0.167. The van der Waals surface area contributed by atoms with Gasteiger partial charge < -0.3 is 14.2 Å². The number of benzene rings is 3. The van der Waals surface area contributed by atoms with Gasteiger partial charge in [0.2, 0.25) is 0 Å². The summed E-state index contributed by atoms with van der Waals surface area (Å²) < 4.78 is 16.4. The van der Waals surface area contributed by atoms with E-state index in [0.29, 0.717) is 41.4 Å². The zero-order valence-electron chi connectivity index (χ0n) is 16.4. The molecule has 3 aromatic carbocycles. The number of hydrogen-bond acceptors (Lipinski definition) is 5. The van der Waals surface area contributed by atoms with Crippen molar-refractivity contribution < 1.29 is 23.8 Å². The molecule has 29 heavy (non-hydrogen) atoms. The normalized spacial score (nSPS) is 10.3. The summed E-state index contributed by atoms with van der Waals surface area (Å²) in [6.07, 6.45) is 0.437. The lowest BCUT2D eigenvalue weighted by atomic mass is 10.1. The van der Waals surface area contributed by atoms with Crippen LogP contribution < -0.4 is 14.2 Å². The van der Waals surface area contributed by atoms with Gasteiger partial charge in [-0.05, 0) is 54.1 Å². The van der Waals surface area contributed by atoms with Gasteiger partial charge in [0.15, 0.2) is 17.3 Å². The first-order valence-electron chi connectivity index (χ1n) is 9.31. The highest BCUT2D eigenvalue weighted by molar-refractivity contribution is 5.96. The molecule has 0 aromatic heterocycles. The van der Waals surface area contributed by atoms with E-state index < -0.39 is 5.97 Å². The predicted octanol–water partition coefficient (Wildman–Crippen LogP) is 5.09. The molecule has 0 saturated heterocycles. The molecule has 0 saturated carbocycles. The van der Waals surface area contributed by atoms with Crippen LogP contribution in [0.5, 0.6) is 17.2 Å². The Balaban J connectivity index is 1.59. The third kappa shape index (κ3) is 5.23. The Morgan fingerprint density at radius 1 is 0.793 bits per heavy atom. The van der Waals surface area contributed by atoms with Crippen LogP contribution in [0.4, 0.5) is 0 Å². The summed E-state index contributed by atoms with van der Waals surface area (Å²) in [5.41, 5.74) is 1.95. The lowest BCUT2D eigenvalue weighted by Gasteiger charge is -2.10. The summed E-state index contributed by atoms with van der Waals surface area (Å²) in [4.78, 5) is 24.0. The average molecular weight is 390 g/mol. The molecule has 3 aromatic rings. The monoisotopic (exact) mass is 390 g/mol. The molecular weight excluding hydrogens is 368 g/mol. The number of hydrogen-bond donors (Lipinski definition) is 0. The van der Waals surface area contributed by atoms with Crippen molar-refractivity contribution in [3.8, 4) is 17.2 Å². The second-order valence-electron chi connectivity index (χ2n) is 6.33. The van der Waals surface area contributed by atoms with E-state index in [2.05, 4.69) is 0 Å². The molecule has 0 atom stereocenters. The first kappa shape index (κ1) is 20.1. The summed E-state index contributed by atoms with van der Waals surface area (Å²) in [6.45, 7) is 2.16. The van der Waals surface area contributed by atoms with Crippen molar-refractivity contribution in [2.75, 3.05) is 7.11 Å². The number of ketones is 1. The second-order valence-corrected chi connectivity index (χ2v) is 6.33. The van der Waals surface area contributed by atoms with Crippen LogP contribution in [0, 0.1) is 0 Å². The minimum absolute atomic E-state index is 0.0498. The van der Waals surface area contributed by atoms with E-state index in [1.54, 1.807) is 50.4 Å². The van der Waals surface area contributed by atoms with Crippen LogP contribution in [0.1, 0.15) is 39.6 Å². The molecular formula is C24H22O5. The first-order valence-corrected chi connectivity index (χ1v) is 9.31. The van der Waals surface area contributed by atoms with Crippen molar-refractivity contribution in [2.24, 2.45) is 0 Å². The summed E-state index contributed by atoms with van der Waals surface area (Å²) in [7, 11) is 1.60. The third-order valence-electron chi connectivity index (χ3n) is 4.36. The van der Waals surface area contributed by atoms with Crippen molar-refractivity contribution in [3.63, 3.8) is 0 Å². The standard InChI is InChI=1S/C24H22O5/c1-3-21(25)18-12-14-20(15-13-18)29-24(26)19-10-8-17(9-11-19)16-28-23-7-5-4-6-22(23)27-2/h4-15H,3,16H2,1-2H3. The number of para-hydroxylation sites is 2. The molecule has 0 spiro atoms. The highest BCUT2D eigenvalue weighted by Gasteiger charge is 2.10. The number of rotatable bonds is 8. The van der Waals surface area contributed by atoms with E-state index in [1.807, 2.05) is 36.4 Å². The van der Waals surface area contributed by atoms with Gasteiger partial charge in [-0.25, -0.2) is 4.79 Å². The molecule has 0 aliphatic rings. The van der Waals surface area contributed by atoms with Gasteiger partial charge in [-0.15, -0.1) is 0 Å². The largest absolute Gasteiger partial charge is 0.493 e. The van der Waals surface area contributed by atoms with Crippen molar-refractivity contribution >= 4 is 11.8 Å². The molecule has 0 aliphatic heterocycles. The van der Waals surface area contributed by atoms with Gasteiger partial charge in [-0.1, -0.05) is 31.2 Å². The topological polar surface area (TPSA) is 61.8 Å². The lowest BCUT2D eigenvalue weighted by Crippen LogP contribution is -2.09. The molecule has 0 unspecified atom stereocenters. The Hall–Kier alpha value is -3.60. The van der Waals surface area contributed by atoms with Crippen molar-refractivity contribution in [1.82, 2.24) is 0 Å². The molecule has 5 heteroatoms. The maximum Gasteiger partial charge on any atom is 0.343 e. The van der Waals surface area contributed by atoms with Gasteiger partial charge in [0.05, 0.1) is 12.7 Å². The summed E-state index contributed by atoms with van der Waals surface area (Å²) in [6, 6.07) is 21.0. The van der Waals surface area contributed by atoms with E-state index in [1.165, 1.54) is 0 Å². The summed E-state index contributed by atoms with van der Waals surface area (Å²) in [5.74, 6) is 1.31. The fourth-order valence-electron chi connectivity index (χ4n) is 2.72. The van der Waals surface area contributed by atoms with E-state index in [4.69, 9.17) is 14.2 Å². The van der Waals surface area contributed by atoms with Gasteiger partial charge in [-0.3, -0.25) is 4.79 Å². The Morgan fingerprint density at radius 3 is 2.03 bits per heavy atom. The van der Waals surface area contributed by atoms with E-state index in [0.717, 1.165) is 5.56 Å². The first-order chi connectivity index (χ1) is 14.1. The Kier molecular flexibility index (Phi) is 6.63. The number of carbonyl (C=O) groups is 2.